The van der Waals surface area contributed by atoms with Gasteiger partial charge in [0.2, 0.25) is 0 Å². The number of hydrogen-bond donors (Lipinski definition) is 0. The first-order valence-electron chi connectivity index (χ1n) is 4.54. The second kappa shape index (κ2) is 3.16. The lowest BCUT2D eigenvalue weighted by Gasteiger charge is -1.97. The molecule has 0 aliphatic heterocycles. The number of aromatic nitrogens is 3. The second-order valence-electron chi connectivity index (χ2n) is 3.11. The zero-order valence-electron chi connectivity index (χ0n) is 7.79. The fourth-order valence-corrected chi connectivity index (χ4v) is 1.40. The Morgan fingerprint density at radius 2 is 2.07 bits per heavy atom. The molecule has 0 radical (unpaired) electrons. The third kappa shape index (κ3) is 1.36. The molecule has 0 atom stereocenters. The molecule has 0 aliphatic carbocycles. The molecule has 4 heteroatoms. The van der Waals surface area contributed by atoms with Crippen molar-refractivity contribution in [3.8, 4) is 11.4 Å². The topological polar surface area (TPSA) is 51.8 Å². The van der Waals surface area contributed by atoms with Crippen molar-refractivity contribution in [3.63, 3.8) is 0 Å². The largest absolute Gasteiger partial charge is 0.472 e. The molecule has 0 bridgehead atoms. The minimum absolute atomic E-state index is 0.657. The first-order valence-corrected chi connectivity index (χ1v) is 4.54. The number of nitrogens with zero attached hydrogens (tertiary/aromatic N) is 3. The highest BCUT2D eigenvalue weighted by Gasteiger charge is 2.03. The van der Waals surface area contributed by atoms with Gasteiger partial charge in [-0.25, -0.2) is 9.97 Å². The van der Waals surface area contributed by atoms with Crippen molar-refractivity contribution in [2.24, 2.45) is 0 Å². The quantitative estimate of drug-likeness (QED) is 0.600. The first kappa shape index (κ1) is 8.11. The van der Waals surface area contributed by atoms with E-state index >= 15 is 0 Å². The Kier molecular flexibility index (Phi) is 1.71. The maximum Gasteiger partial charge on any atom is 0.163 e. The summed E-state index contributed by atoms with van der Waals surface area (Å²) in [6, 6.07) is 5.60. The smallest absolute Gasteiger partial charge is 0.163 e. The highest BCUT2D eigenvalue weighted by Crippen LogP contribution is 2.16. The van der Waals surface area contributed by atoms with Gasteiger partial charge in [-0.2, -0.15) is 0 Å². The van der Waals surface area contributed by atoms with Crippen LogP contribution < -0.4 is 0 Å². The Labute approximate surface area is 85.6 Å². The highest BCUT2D eigenvalue weighted by atomic mass is 16.3. The number of fused-ring (bicyclic) bond motifs is 1. The van der Waals surface area contributed by atoms with Crippen LogP contribution >= 0.6 is 0 Å². The summed E-state index contributed by atoms with van der Waals surface area (Å²) >= 11 is 0. The van der Waals surface area contributed by atoms with Gasteiger partial charge in [0.15, 0.2) is 5.82 Å². The molecule has 3 aromatic rings. The molecular weight excluding hydrogens is 190 g/mol. The van der Waals surface area contributed by atoms with E-state index in [1.54, 1.807) is 24.9 Å². The summed E-state index contributed by atoms with van der Waals surface area (Å²) in [6.45, 7) is 0. The van der Waals surface area contributed by atoms with E-state index in [4.69, 9.17) is 4.42 Å². The standard InChI is InChI=1S/C11H7N3O/c1-2-9-10(12-4-1)6-13-11(14-9)8-3-5-15-7-8/h1-7H. The minimum atomic E-state index is 0.657. The normalized spacial score (nSPS) is 10.7. The molecular formula is C11H7N3O. The van der Waals surface area contributed by atoms with Gasteiger partial charge in [-0.3, -0.25) is 4.98 Å². The van der Waals surface area contributed by atoms with Gasteiger partial charge in [0.25, 0.3) is 0 Å². The number of pyridine rings is 1. The Balaban J connectivity index is 2.22. The lowest BCUT2D eigenvalue weighted by Crippen LogP contribution is -1.89. The van der Waals surface area contributed by atoms with Crippen molar-refractivity contribution < 1.29 is 4.42 Å². The summed E-state index contributed by atoms with van der Waals surface area (Å²) < 4.78 is 4.99. The van der Waals surface area contributed by atoms with Crippen molar-refractivity contribution in [1.82, 2.24) is 15.0 Å². The number of hydrogen-bond acceptors (Lipinski definition) is 4. The van der Waals surface area contributed by atoms with Gasteiger partial charge in [0.1, 0.15) is 11.8 Å². The molecule has 0 aromatic carbocycles. The van der Waals surface area contributed by atoms with Crippen LogP contribution in [0.15, 0.2) is 47.5 Å². The molecule has 3 aromatic heterocycles. The van der Waals surface area contributed by atoms with E-state index in [1.807, 2.05) is 18.2 Å². The van der Waals surface area contributed by atoms with Gasteiger partial charge in [-0.05, 0) is 18.2 Å². The zero-order chi connectivity index (χ0) is 10.1. The van der Waals surface area contributed by atoms with Crippen molar-refractivity contribution in [1.29, 1.82) is 0 Å². The minimum Gasteiger partial charge on any atom is -0.472 e. The fourth-order valence-electron chi connectivity index (χ4n) is 1.40. The van der Waals surface area contributed by atoms with E-state index in [0.29, 0.717) is 5.82 Å². The van der Waals surface area contributed by atoms with Crippen molar-refractivity contribution in [2.45, 2.75) is 0 Å². The SMILES string of the molecule is c1cnc2cnc(-c3ccoc3)nc2c1. The molecule has 3 heterocycles. The summed E-state index contributed by atoms with van der Waals surface area (Å²) in [6.07, 6.45) is 6.66. The van der Waals surface area contributed by atoms with E-state index in [-0.39, 0.29) is 0 Å². The zero-order valence-corrected chi connectivity index (χ0v) is 7.79. The fraction of sp³-hybridized carbons (Fsp3) is 0. The molecule has 0 aliphatic rings. The van der Waals surface area contributed by atoms with E-state index < -0.39 is 0 Å². The summed E-state index contributed by atoms with van der Waals surface area (Å²) in [4.78, 5) is 12.8. The average Bonchev–Trinajstić information content (AvgIpc) is 2.82. The van der Waals surface area contributed by atoms with Crippen LogP contribution in [0, 0.1) is 0 Å². The van der Waals surface area contributed by atoms with Crippen LogP contribution in [0.2, 0.25) is 0 Å². The Bertz CT molecular complexity index is 590. The molecule has 4 nitrogen and oxygen atoms in total. The molecule has 0 amide bonds. The molecule has 0 fully saturated rings. The third-order valence-electron chi connectivity index (χ3n) is 2.13. The average molecular weight is 197 g/mol. The Morgan fingerprint density at radius 1 is 1.07 bits per heavy atom. The maximum absolute atomic E-state index is 4.99. The maximum atomic E-state index is 4.99. The van der Waals surface area contributed by atoms with Crippen molar-refractivity contribution >= 4 is 11.0 Å². The van der Waals surface area contributed by atoms with Crippen LogP contribution in [0.4, 0.5) is 0 Å². The first-order chi connectivity index (χ1) is 7.43. The molecule has 0 unspecified atom stereocenters. The van der Waals surface area contributed by atoms with Crippen molar-refractivity contribution in [2.75, 3.05) is 0 Å². The molecule has 0 saturated carbocycles. The lowest BCUT2D eigenvalue weighted by atomic mass is 10.3. The van der Waals surface area contributed by atoms with Crippen LogP contribution in [-0.4, -0.2) is 15.0 Å². The lowest BCUT2D eigenvalue weighted by molar-refractivity contribution is 0.568. The summed E-state index contributed by atoms with van der Waals surface area (Å²) in [5.74, 6) is 0.657. The molecule has 15 heavy (non-hydrogen) atoms. The molecule has 3 rings (SSSR count). The predicted molar refractivity (Wildman–Crippen MR) is 55.0 cm³/mol. The molecule has 0 saturated heterocycles. The van der Waals surface area contributed by atoms with Gasteiger partial charge in [0.05, 0.1) is 23.5 Å². The van der Waals surface area contributed by atoms with Gasteiger partial charge in [0, 0.05) is 6.20 Å². The van der Waals surface area contributed by atoms with Crippen LogP contribution in [0.25, 0.3) is 22.4 Å². The van der Waals surface area contributed by atoms with Gasteiger partial charge in [-0.1, -0.05) is 0 Å². The van der Waals surface area contributed by atoms with Gasteiger partial charge in [-0.15, -0.1) is 0 Å². The van der Waals surface area contributed by atoms with Gasteiger partial charge < -0.3 is 4.42 Å². The Hall–Kier alpha value is -2.23. The molecule has 72 valence electrons. The second-order valence-corrected chi connectivity index (χ2v) is 3.11. The van der Waals surface area contributed by atoms with E-state index in [1.165, 1.54) is 0 Å². The van der Waals surface area contributed by atoms with Crippen LogP contribution in [-0.2, 0) is 0 Å². The summed E-state index contributed by atoms with van der Waals surface area (Å²) in [5, 5.41) is 0. The monoisotopic (exact) mass is 197 g/mol. The predicted octanol–water partition coefficient (Wildman–Crippen LogP) is 2.28. The van der Waals surface area contributed by atoms with Crippen molar-refractivity contribution in [3.05, 3.63) is 43.1 Å². The Morgan fingerprint density at radius 3 is 2.93 bits per heavy atom. The van der Waals surface area contributed by atoms with Crippen LogP contribution in [0.1, 0.15) is 0 Å². The number of furan rings is 1. The van der Waals surface area contributed by atoms with E-state index in [9.17, 15) is 0 Å². The molecule has 0 N–H and O–H groups in total. The van der Waals surface area contributed by atoms with Crippen LogP contribution in [0.5, 0.6) is 0 Å². The number of rotatable bonds is 1. The van der Waals surface area contributed by atoms with Gasteiger partial charge >= 0.3 is 0 Å². The summed E-state index contributed by atoms with van der Waals surface area (Å²) in [7, 11) is 0. The van der Waals surface area contributed by atoms with Crippen LogP contribution in [0.3, 0.4) is 0 Å². The third-order valence-corrected chi connectivity index (χ3v) is 2.13. The van der Waals surface area contributed by atoms with E-state index in [2.05, 4.69) is 15.0 Å². The summed E-state index contributed by atoms with van der Waals surface area (Å²) in [5.41, 5.74) is 2.51. The molecule has 0 spiro atoms. The van der Waals surface area contributed by atoms with E-state index in [0.717, 1.165) is 16.6 Å². The highest BCUT2D eigenvalue weighted by molar-refractivity contribution is 5.74.